The molecule has 2 N–H and O–H groups in total. The zero-order chi connectivity index (χ0) is 12.1. The highest BCUT2D eigenvalue weighted by Gasteiger charge is 2.19. The predicted octanol–water partition coefficient (Wildman–Crippen LogP) is 2.65. The third kappa shape index (κ3) is 2.63. The molecule has 1 aromatic rings. The number of nitrogens with two attached hydrogens (primary N) is 1. The molecule has 90 valence electrons. The molecule has 1 atom stereocenters. The molecule has 2 nitrogen and oxygen atoms in total. The van der Waals surface area contributed by atoms with E-state index in [1.54, 1.807) is 0 Å². The molecule has 1 rings (SSSR count). The average molecular weight is 220 g/mol. The van der Waals surface area contributed by atoms with Crippen LogP contribution < -0.4 is 5.73 Å². The van der Waals surface area contributed by atoms with Crippen molar-refractivity contribution in [3.63, 3.8) is 0 Å². The van der Waals surface area contributed by atoms with Gasteiger partial charge in [0.1, 0.15) is 0 Å². The van der Waals surface area contributed by atoms with Crippen LogP contribution in [0.4, 0.5) is 0 Å². The molecule has 0 aliphatic carbocycles. The SMILES string of the molecule is CCN(CC)C(CN)c1c(C)cccc1C. The van der Waals surface area contributed by atoms with Crippen molar-refractivity contribution in [2.24, 2.45) is 5.73 Å². The Balaban J connectivity index is 3.12. The topological polar surface area (TPSA) is 29.3 Å². The second kappa shape index (κ2) is 6.02. The zero-order valence-electron chi connectivity index (χ0n) is 11.0. The van der Waals surface area contributed by atoms with Gasteiger partial charge in [-0.1, -0.05) is 32.0 Å². The maximum Gasteiger partial charge on any atom is 0.0475 e. The monoisotopic (exact) mass is 220 g/mol. The van der Waals surface area contributed by atoms with E-state index in [0.29, 0.717) is 12.6 Å². The maximum absolute atomic E-state index is 5.95. The van der Waals surface area contributed by atoms with E-state index in [1.807, 2.05) is 0 Å². The molecule has 1 aromatic carbocycles. The van der Waals surface area contributed by atoms with Gasteiger partial charge >= 0.3 is 0 Å². The Labute approximate surface area is 99.5 Å². The fourth-order valence-corrected chi connectivity index (χ4v) is 2.47. The van der Waals surface area contributed by atoms with Crippen molar-refractivity contribution in [1.29, 1.82) is 0 Å². The number of benzene rings is 1. The van der Waals surface area contributed by atoms with Crippen molar-refractivity contribution >= 4 is 0 Å². The van der Waals surface area contributed by atoms with Gasteiger partial charge in [-0.3, -0.25) is 4.90 Å². The number of hydrogen-bond donors (Lipinski definition) is 1. The summed E-state index contributed by atoms with van der Waals surface area (Å²) in [6.45, 7) is 11.5. The van der Waals surface area contributed by atoms with Crippen molar-refractivity contribution < 1.29 is 0 Å². The lowest BCUT2D eigenvalue weighted by Crippen LogP contribution is -2.34. The summed E-state index contributed by atoms with van der Waals surface area (Å²) >= 11 is 0. The highest BCUT2D eigenvalue weighted by molar-refractivity contribution is 5.36. The highest BCUT2D eigenvalue weighted by Crippen LogP contribution is 2.25. The molecule has 1 unspecified atom stereocenters. The Hall–Kier alpha value is -0.860. The molecule has 0 aliphatic heterocycles. The molecule has 0 spiro atoms. The van der Waals surface area contributed by atoms with Crippen LogP contribution >= 0.6 is 0 Å². The van der Waals surface area contributed by atoms with E-state index in [1.165, 1.54) is 16.7 Å². The molecule has 16 heavy (non-hydrogen) atoms. The molecule has 0 saturated carbocycles. The summed E-state index contributed by atoms with van der Waals surface area (Å²) in [6.07, 6.45) is 0. The first kappa shape index (κ1) is 13.2. The Bertz CT molecular complexity index is 309. The van der Waals surface area contributed by atoms with Crippen molar-refractivity contribution in [1.82, 2.24) is 4.90 Å². The third-order valence-electron chi connectivity index (χ3n) is 3.35. The predicted molar refractivity (Wildman–Crippen MR) is 70.6 cm³/mol. The van der Waals surface area contributed by atoms with Gasteiger partial charge in [0, 0.05) is 12.6 Å². The number of likely N-dealkylation sites (N-methyl/N-ethyl adjacent to an activating group) is 1. The summed E-state index contributed by atoms with van der Waals surface area (Å²) in [7, 11) is 0. The lowest BCUT2D eigenvalue weighted by Gasteiger charge is -2.31. The highest BCUT2D eigenvalue weighted by atomic mass is 15.2. The van der Waals surface area contributed by atoms with Crippen LogP contribution in [0.5, 0.6) is 0 Å². The minimum atomic E-state index is 0.358. The van der Waals surface area contributed by atoms with Crippen LogP contribution in [0, 0.1) is 13.8 Å². The first-order valence-electron chi connectivity index (χ1n) is 6.15. The molecule has 0 heterocycles. The molecule has 0 fully saturated rings. The van der Waals surface area contributed by atoms with Crippen molar-refractivity contribution in [3.05, 3.63) is 34.9 Å². The van der Waals surface area contributed by atoms with E-state index in [4.69, 9.17) is 5.73 Å². The largest absolute Gasteiger partial charge is 0.329 e. The summed E-state index contributed by atoms with van der Waals surface area (Å²) in [6, 6.07) is 6.82. The number of nitrogens with zero attached hydrogens (tertiary/aromatic N) is 1. The normalized spacial score (nSPS) is 13.1. The van der Waals surface area contributed by atoms with E-state index in [-0.39, 0.29) is 0 Å². The molecule has 0 aromatic heterocycles. The summed E-state index contributed by atoms with van der Waals surface area (Å²) in [5.74, 6) is 0. The Morgan fingerprint density at radius 2 is 1.62 bits per heavy atom. The quantitative estimate of drug-likeness (QED) is 0.826. The van der Waals surface area contributed by atoms with E-state index < -0.39 is 0 Å². The average Bonchev–Trinajstić information content (AvgIpc) is 2.28. The minimum absolute atomic E-state index is 0.358. The fourth-order valence-electron chi connectivity index (χ4n) is 2.47. The first-order chi connectivity index (χ1) is 7.65. The smallest absolute Gasteiger partial charge is 0.0475 e. The van der Waals surface area contributed by atoms with Gasteiger partial charge in [0.15, 0.2) is 0 Å². The van der Waals surface area contributed by atoms with Gasteiger partial charge in [0.2, 0.25) is 0 Å². The molecule has 0 aliphatic rings. The molecule has 0 bridgehead atoms. The standard InChI is InChI=1S/C14H24N2/c1-5-16(6-2)13(10-15)14-11(3)8-7-9-12(14)4/h7-9,13H,5-6,10,15H2,1-4H3. The molecule has 0 radical (unpaired) electrons. The van der Waals surface area contributed by atoms with Crippen molar-refractivity contribution in [2.45, 2.75) is 33.7 Å². The molecular weight excluding hydrogens is 196 g/mol. The minimum Gasteiger partial charge on any atom is -0.329 e. The van der Waals surface area contributed by atoms with Gasteiger partial charge in [-0.25, -0.2) is 0 Å². The van der Waals surface area contributed by atoms with E-state index in [2.05, 4.69) is 50.8 Å². The maximum atomic E-state index is 5.95. The van der Waals surface area contributed by atoms with Crippen LogP contribution in [0.2, 0.25) is 0 Å². The van der Waals surface area contributed by atoms with Gasteiger partial charge in [-0.2, -0.15) is 0 Å². The van der Waals surface area contributed by atoms with Gasteiger partial charge in [-0.05, 0) is 43.6 Å². The summed E-state index contributed by atoms with van der Waals surface area (Å²) < 4.78 is 0. The number of aryl methyl sites for hydroxylation is 2. The fraction of sp³-hybridized carbons (Fsp3) is 0.571. The molecule has 0 amide bonds. The summed E-state index contributed by atoms with van der Waals surface area (Å²) in [5, 5.41) is 0. The van der Waals surface area contributed by atoms with Crippen LogP contribution in [-0.2, 0) is 0 Å². The van der Waals surface area contributed by atoms with Gasteiger partial charge in [-0.15, -0.1) is 0 Å². The summed E-state index contributed by atoms with van der Waals surface area (Å²) in [4.78, 5) is 2.43. The first-order valence-corrected chi connectivity index (χ1v) is 6.15. The van der Waals surface area contributed by atoms with Crippen LogP contribution in [0.15, 0.2) is 18.2 Å². The molecule has 0 saturated heterocycles. The lowest BCUT2D eigenvalue weighted by molar-refractivity contribution is 0.223. The molecular formula is C14H24N2. The third-order valence-corrected chi connectivity index (χ3v) is 3.35. The summed E-state index contributed by atoms with van der Waals surface area (Å²) in [5.41, 5.74) is 10.1. The van der Waals surface area contributed by atoms with Gasteiger partial charge in [0.25, 0.3) is 0 Å². The van der Waals surface area contributed by atoms with Crippen LogP contribution in [0.1, 0.15) is 36.6 Å². The van der Waals surface area contributed by atoms with Gasteiger partial charge in [0.05, 0.1) is 0 Å². The Morgan fingerprint density at radius 1 is 1.12 bits per heavy atom. The van der Waals surface area contributed by atoms with Crippen molar-refractivity contribution in [3.8, 4) is 0 Å². The lowest BCUT2D eigenvalue weighted by atomic mass is 9.95. The van der Waals surface area contributed by atoms with E-state index in [0.717, 1.165) is 13.1 Å². The van der Waals surface area contributed by atoms with Crippen LogP contribution in [-0.4, -0.2) is 24.5 Å². The van der Waals surface area contributed by atoms with E-state index >= 15 is 0 Å². The van der Waals surface area contributed by atoms with Gasteiger partial charge < -0.3 is 5.73 Å². The second-order valence-electron chi connectivity index (χ2n) is 4.28. The Morgan fingerprint density at radius 3 is 2.00 bits per heavy atom. The number of hydrogen-bond acceptors (Lipinski definition) is 2. The van der Waals surface area contributed by atoms with Crippen molar-refractivity contribution in [2.75, 3.05) is 19.6 Å². The van der Waals surface area contributed by atoms with Crippen LogP contribution in [0.25, 0.3) is 0 Å². The molecule has 2 heteroatoms. The van der Waals surface area contributed by atoms with Crippen LogP contribution in [0.3, 0.4) is 0 Å². The second-order valence-corrected chi connectivity index (χ2v) is 4.28. The Kier molecular flexibility index (Phi) is 4.97. The zero-order valence-corrected chi connectivity index (χ0v) is 11.0. The number of rotatable bonds is 5. The van der Waals surface area contributed by atoms with E-state index in [9.17, 15) is 0 Å².